The van der Waals surface area contributed by atoms with Gasteiger partial charge in [-0.2, -0.15) is 0 Å². The van der Waals surface area contributed by atoms with Crippen LogP contribution in [0.15, 0.2) is 66.9 Å². The maximum absolute atomic E-state index is 12.7. The van der Waals surface area contributed by atoms with Gasteiger partial charge >= 0.3 is 0 Å². The molecule has 2 heterocycles. The van der Waals surface area contributed by atoms with Crippen molar-refractivity contribution in [2.75, 3.05) is 31.6 Å². The molecule has 1 amide bonds. The zero-order chi connectivity index (χ0) is 20.1. The minimum absolute atomic E-state index is 0.115. The van der Waals surface area contributed by atoms with Crippen LogP contribution in [0.3, 0.4) is 0 Å². The second-order valence-electron chi connectivity index (χ2n) is 6.95. The summed E-state index contributed by atoms with van der Waals surface area (Å²) in [7, 11) is 0. The summed E-state index contributed by atoms with van der Waals surface area (Å²) in [4.78, 5) is 19.5. The molecule has 4 rings (SSSR count). The molecule has 1 fully saturated rings. The van der Waals surface area contributed by atoms with Crippen molar-refractivity contribution in [3.05, 3.63) is 81.6 Å². The number of amides is 1. The number of ether oxygens (including phenoxy) is 1. The fraction of sp³-hybridized carbons (Fsp3) is 0.217. The highest BCUT2D eigenvalue weighted by atomic mass is 127. The predicted octanol–water partition coefficient (Wildman–Crippen LogP) is 4.44. The first-order valence-electron chi connectivity index (χ1n) is 9.60. The van der Waals surface area contributed by atoms with Crippen LogP contribution in [0.5, 0.6) is 0 Å². The normalized spacial score (nSPS) is 14.5. The number of carbonyl (C=O) groups is 1. The number of anilines is 1. The first kappa shape index (κ1) is 20.0. The summed E-state index contributed by atoms with van der Waals surface area (Å²) in [5.74, 6) is -0.115. The molecule has 0 unspecified atom stereocenters. The lowest BCUT2D eigenvalue weighted by Crippen LogP contribution is -2.35. The van der Waals surface area contributed by atoms with Crippen molar-refractivity contribution in [3.63, 3.8) is 0 Å². The number of aromatic nitrogens is 1. The maximum atomic E-state index is 12.7. The molecule has 1 N–H and O–H groups in total. The topological polar surface area (TPSA) is 54.5 Å². The zero-order valence-corrected chi connectivity index (χ0v) is 18.1. The molecule has 1 aliphatic rings. The van der Waals surface area contributed by atoms with Crippen molar-refractivity contribution < 1.29 is 9.53 Å². The number of hydrogen-bond donors (Lipinski definition) is 1. The van der Waals surface area contributed by atoms with Gasteiger partial charge in [0.1, 0.15) is 0 Å². The number of nitrogens with one attached hydrogen (secondary N) is 1. The molecule has 0 spiro atoms. The van der Waals surface area contributed by atoms with Gasteiger partial charge in [-0.05, 0) is 70.6 Å². The van der Waals surface area contributed by atoms with E-state index in [1.165, 1.54) is 5.56 Å². The van der Waals surface area contributed by atoms with Gasteiger partial charge in [-0.25, -0.2) is 0 Å². The Morgan fingerprint density at radius 1 is 1.07 bits per heavy atom. The van der Waals surface area contributed by atoms with Gasteiger partial charge in [-0.3, -0.25) is 14.7 Å². The van der Waals surface area contributed by atoms with Crippen LogP contribution in [0.2, 0.25) is 0 Å². The maximum Gasteiger partial charge on any atom is 0.255 e. The van der Waals surface area contributed by atoms with E-state index < -0.39 is 0 Å². The van der Waals surface area contributed by atoms with Gasteiger partial charge in [0, 0.05) is 46.2 Å². The number of benzene rings is 2. The van der Waals surface area contributed by atoms with E-state index in [4.69, 9.17) is 4.74 Å². The molecule has 1 saturated heterocycles. The van der Waals surface area contributed by atoms with Crippen LogP contribution in [0.1, 0.15) is 15.9 Å². The van der Waals surface area contributed by atoms with E-state index in [9.17, 15) is 4.79 Å². The standard InChI is InChI=1S/C23H22IN3O2/c24-21-9-8-19(15-20(21)22-3-1-2-10-25-22)26-23(28)18-6-4-17(5-7-18)16-27-11-13-29-14-12-27/h1-10,15H,11-14,16H2,(H,26,28). The molecule has 5 nitrogen and oxygen atoms in total. The minimum Gasteiger partial charge on any atom is -0.379 e. The Bertz CT molecular complexity index is 971. The van der Waals surface area contributed by atoms with E-state index in [1.54, 1.807) is 6.20 Å². The Labute approximate surface area is 184 Å². The third-order valence-electron chi connectivity index (χ3n) is 4.89. The van der Waals surface area contributed by atoms with Gasteiger partial charge in [0.2, 0.25) is 0 Å². The molecular weight excluding hydrogens is 477 g/mol. The van der Waals surface area contributed by atoms with Gasteiger partial charge in [-0.15, -0.1) is 0 Å². The van der Waals surface area contributed by atoms with Crippen LogP contribution in [-0.2, 0) is 11.3 Å². The smallest absolute Gasteiger partial charge is 0.255 e. The lowest BCUT2D eigenvalue weighted by Gasteiger charge is -2.26. The molecule has 0 aliphatic carbocycles. The molecule has 3 aromatic rings. The van der Waals surface area contributed by atoms with Crippen molar-refractivity contribution in [1.29, 1.82) is 0 Å². The first-order chi connectivity index (χ1) is 14.2. The summed E-state index contributed by atoms with van der Waals surface area (Å²) in [6.07, 6.45) is 1.77. The van der Waals surface area contributed by atoms with Gasteiger partial charge in [0.15, 0.2) is 0 Å². The highest BCUT2D eigenvalue weighted by molar-refractivity contribution is 14.1. The Morgan fingerprint density at radius 2 is 1.86 bits per heavy atom. The molecule has 29 heavy (non-hydrogen) atoms. The molecule has 1 aromatic heterocycles. The Balaban J connectivity index is 1.44. The SMILES string of the molecule is O=C(Nc1ccc(I)c(-c2ccccn2)c1)c1ccc(CN2CCOCC2)cc1. The summed E-state index contributed by atoms with van der Waals surface area (Å²) in [5.41, 5.74) is 4.50. The lowest BCUT2D eigenvalue weighted by molar-refractivity contribution is 0.0342. The number of carbonyl (C=O) groups excluding carboxylic acids is 1. The molecule has 6 heteroatoms. The molecule has 0 atom stereocenters. The summed E-state index contributed by atoms with van der Waals surface area (Å²) in [5, 5.41) is 3.00. The summed E-state index contributed by atoms with van der Waals surface area (Å²) < 4.78 is 6.48. The minimum atomic E-state index is -0.115. The summed E-state index contributed by atoms with van der Waals surface area (Å²) >= 11 is 2.29. The van der Waals surface area contributed by atoms with Crippen molar-refractivity contribution in [3.8, 4) is 11.3 Å². The number of hydrogen-bond acceptors (Lipinski definition) is 4. The second kappa shape index (κ2) is 9.47. The van der Waals surface area contributed by atoms with E-state index in [2.05, 4.69) is 37.8 Å². The number of nitrogens with zero attached hydrogens (tertiary/aromatic N) is 2. The molecule has 1 aliphatic heterocycles. The van der Waals surface area contributed by atoms with E-state index in [-0.39, 0.29) is 5.91 Å². The van der Waals surface area contributed by atoms with Crippen molar-refractivity contribution in [2.45, 2.75) is 6.54 Å². The number of rotatable bonds is 5. The van der Waals surface area contributed by atoms with Crippen LogP contribution in [-0.4, -0.2) is 42.1 Å². The molecule has 0 radical (unpaired) electrons. The Morgan fingerprint density at radius 3 is 2.59 bits per heavy atom. The molecule has 0 bridgehead atoms. The zero-order valence-electron chi connectivity index (χ0n) is 16.0. The number of pyridine rings is 1. The quantitative estimate of drug-likeness (QED) is 0.528. The molecule has 148 valence electrons. The first-order valence-corrected chi connectivity index (χ1v) is 10.7. The Kier molecular flexibility index (Phi) is 6.53. The van der Waals surface area contributed by atoms with E-state index in [0.717, 1.165) is 53.4 Å². The highest BCUT2D eigenvalue weighted by Gasteiger charge is 2.12. The average Bonchev–Trinajstić information content (AvgIpc) is 2.77. The molecule has 0 saturated carbocycles. The molecular formula is C23H22IN3O2. The fourth-order valence-corrected chi connectivity index (χ4v) is 3.92. The summed E-state index contributed by atoms with van der Waals surface area (Å²) in [6, 6.07) is 19.5. The molecule has 2 aromatic carbocycles. The van der Waals surface area contributed by atoms with Crippen molar-refractivity contribution in [1.82, 2.24) is 9.88 Å². The third kappa shape index (κ3) is 5.20. The fourth-order valence-electron chi connectivity index (χ4n) is 3.30. The van der Waals surface area contributed by atoms with Crippen LogP contribution < -0.4 is 5.32 Å². The number of morpholine rings is 1. The summed E-state index contributed by atoms with van der Waals surface area (Å²) in [6.45, 7) is 4.37. The highest BCUT2D eigenvalue weighted by Crippen LogP contribution is 2.27. The van der Waals surface area contributed by atoms with Gasteiger partial charge < -0.3 is 10.1 Å². The van der Waals surface area contributed by atoms with Crippen LogP contribution in [0.25, 0.3) is 11.3 Å². The van der Waals surface area contributed by atoms with Crippen LogP contribution in [0, 0.1) is 3.57 Å². The lowest BCUT2D eigenvalue weighted by atomic mass is 10.1. The van der Waals surface area contributed by atoms with Crippen LogP contribution in [0.4, 0.5) is 5.69 Å². The second-order valence-corrected chi connectivity index (χ2v) is 8.11. The van der Waals surface area contributed by atoms with Crippen molar-refractivity contribution >= 4 is 34.2 Å². The van der Waals surface area contributed by atoms with E-state index in [0.29, 0.717) is 5.56 Å². The average molecular weight is 499 g/mol. The monoisotopic (exact) mass is 499 g/mol. The van der Waals surface area contributed by atoms with Gasteiger partial charge in [0.25, 0.3) is 5.91 Å². The Hall–Kier alpha value is -2.29. The number of halogens is 1. The third-order valence-corrected chi connectivity index (χ3v) is 5.83. The van der Waals surface area contributed by atoms with Crippen LogP contribution >= 0.6 is 22.6 Å². The largest absolute Gasteiger partial charge is 0.379 e. The van der Waals surface area contributed by atoms with Crippen molar-refractivity contribution in [2.24, 2.45) is 0 Å². The van der Waals surface area contributed by atoms with E-state index in [1.807, 2.05) is 60.7 Å². The van der Waals surface area contributed by atoms with Gasteiger partial charge in [0.05, 0.1) is 18.9 Å². The van der Waals surface area contributed by atoms with Gasteiger partial charge in [-0.1, -0.05) is 18.2 Å². The van der Waals surface area contributed by atoms with E-state index >= 15 is 0 Å². The predicted molar refractivity (Wildman–Crippen MR) is 123 cm³/mol.